The van der Waals surface area contributed by atoms with Gasteiger partial charge < -0.3 is 19.0 Å². The van der Waals surface area contributed by atoms with Crippen molar-refractivity contribution in [2.24, 2.45) is 5.92 Å². The molecule has 0 spiro atoms. The van der Waals surface area contributed by atoms with Crippen molar-refractivity contribution in [3.63, 3.8) is 0 Å². The number of carbonyl (C=O) groups is 1. The van der Waals surface area contributed by atoms with E-state index in [1.807, 2.05) is 6.07 Å². The number of nitrogens with one attached hydrogen (secondary N) is 1. The van der Waals surface area contributed by atoms with E-state index < -0.39 is 0 Å². The van der Waals surface area contributed by atoms with Crippen LogP contribution in [0.3, 0.4) is 0 Å². The number of hydrogen-bond acceptors (Lipinski definition) is 5. The Morgan fingerprint density at radius 3 is 3.20 bits per heavy atom. The molecular weight excluding hydrogens is 260 g/mol. The van der Waals surface area contributed by atoms with Crippen molar-refractivity contribution in [3.8, 4) is 0 Å². The smallest absolute Gasteiger partial charge is 0.273 e. The second-order valence-electron chi connectivity index (χ2n) is 4.93. The van der Waals surface area contributed by atoms with E-state index in [4.69, 9.17) is 13.7 Å². The second-order valence-corrected chi connectivity index (χ2v) is 4.93. The van der Waals surface area contributed by atoms with Crippen molar-refractivity contribution in [1.82, 2.24) is 10.5 Å². The topological polar surface area (TPSA) is 77.5 Å². The van der Waals surface area contributed by atoms with E-state index in [2.05, 4.69) is 10.5 Å². The van der Waals surface area contributed by atoms with Crippen LogP contribution in [0.5, 0.6) is 0 Å². The van der Waals surface area contributed by atoms with Crippen LogP contribution in [0, 0.1) is 5.92 Å². The number of aromatic nitrogens is 1. The highest BCUT2D eigenvalue weighted by Gasteiger charge is 2.18. The lowest BCUT2D eigenvalue weighted by molar-refractivity contribution is 0.0936. The van der Waals surface area contributed by atoms with Crippen molar-refractivity contribution in [2.45, 2.75) is 12.8 Å². The molecule has 2 aromatic heterocycles. The summed E-state index contributed by atoms with van der Waals surface area (Å²) in [6.07, 6.45) is 4.80. The minimum atomic E-state index is -0.209. The molecule has 1 fully saturated rings. The molecule has 0 aromatic carbocycles. The highest BCUT2D eigenvalue weighted by molar-refractivity contribution is 5.92. The van der Waals surface area contributed by atoms with Gasteiger partial charge in [0.2, 0.25) is 0 Å². The van der Waals surface area contributed by atoms with Gasteiger partial charge in [0, 0.05) is 31.6 Å². The van der Waals surface area contributed by atoms with Crippen LogP contribution in [0.1, 0.15) is 28.2 Å². The SMILES string of the molecule is O=C(NCC1CCOC1)c1cc(Cc2ccoc2)on1. The van der Waals surface area contributed by atoms with Gasteiger partial charge in [-0.15, -0.1) is 0 Å². The Labute approximate surface area is 116 Å². The zero-order chi connectivity index (χ0) is 13.8. The Morgan fingerprint density at radius 2 is 2.45 bits per heavy atom. The third-order valence-corrected chi connectivity index (χ3v) is 3.33. The third kappa shape index (κ3) is 3.08. The summed E-state index contributed by atoms with van der Waals surface area (Å²) in [6.45, 7) is 2.10. The maximum Gasteiger partial charge on any atom is 0.273 e. The fourth-order valence-electron chi connectivity index (χ4n) is 2.17. The van der Waals surface area contributed by atoms with Crippen molar-refractivity contribution >= 4 is 5.91 Å². The normalized spacial score (nSPS) is 18.3. The highest BCUT2D eigenvalue weighted by Crippen LogP contribution is 2.13. The molecule has 3 rings (SSSR count). The van der Waals surface area contributed by atoms with Crippen LogP contribution in [-0.2, 0) is 11.2 Å². The first-order chi connectivity index (χ1) is 9.81. The number of rotatable bonds is 5. The van der Waals surface area contributed by atoms with Gasteiger partial charge in [-0.1, -0.05) is 5.16 Å². The molecule has 6 heteroatoms. The largest absolute Gasteiger partial charge is 0.472 e. The Hall–Kier alpha value is -2.08. The molecule has 1 unspecified atom stereocenters. The van der Waals surface area contributed by atoms with E-state index in [0.717, 1.165) is 18.6 Å². The van der Waals surface area contributed by atoms with Crippen LogP contribution in [0.25, 0.3) is 0 Å². The van der Waals surface area contributed by atoms with Gasteiger partial charge in [0.25, 0.3) is 5.91 Å². The summed E-state index contributed by atoms with van der Waals surface area (Å²) in [4.78, 5) is 11.9. The third-order valence-electron chi connectivity index (χ3n) is 3.33. The molecule has 20 heavy (non-hydrogen) atoms. The molecular formula is C14H16N2O4. The van der Waals surface area contributed by atoms with Crippen LogP contribution in [0.2, 0.25) is 0 Å². The molecule has 1 atom stereocenters. The zero-order valence-electron chi connectivity index (χ0n) is 11.0. The van der Waals surface area contributed by atoms with Gasteiger partial charge in [0.05, 0.1) is 19.1 Å². The number of ether oxygens (including phenoxy) is 1. The summed E-state index contributed by atoms with van der Waals surface area (Å²) in [6, 6.07) is 3.51. The Kier molecular flexibility index (Phi) is 3.83. The van der Waals surface area contributed by atoms with E-state index >= 15 is 0 Å². The maximum atomic E-state index is 11.9. The van der Waals surface area contributed by atoms with Crippen LogP contribution in [0.15, 0.2) is 33.6 Å². The standard InChI is InChI=1S/C14H16N2O4/c17-14(15-7-11-2-4-19-9-11)13-6-12(20-16-13)5-10-1-3-18-8-10/h1,3,6,8,11H,2,4-5,7,9H2,(H,15,17). The van der Waals surface area contributed by atoms with Gasteiger partial charge in [-0.2, -0.15) is 0 Å². The molecule has 3 heterocycles. The fourth-order valence-corrected chi connectivity index (χ4v) is 2.17. The lowest BCUT2D eigenvalue weighted by Gasteiger charge is -2.07. The van der Waals surface area contributed by atoms with Gasteiger partial charge in [0.15, 0.2) is 5.69 Å². The van der Waals surface area contributed by atoms with Crippen molar-refractivity contribution in [1.29, 1.82) is 0 Å². The first-order valence-electron chi connectivity index (χ1n) is 6.64. The molecule has 0 saturated carbocycles. The summed E-state index contributed by atoms with van der Waals surface area (Å²) >= 11 is 0. The van der Waals surface area contributed by atoms with Gasteiger partial charge in [-0.3, -0.25) is 4.79 Å². The number of nitrogens with zero attached hydrogens (tertiary/aromatic N) is 1. The summed E-state index contributed by atoms with van der Waals surface area (Å²) < 4.78 is 15.4. The van der Waals surface area contributed by atoms with Crippen LogP contribution >= 0.6 is 0 Å². The number of hydrogen-bond donors (Lipinski definition) is 1. The zero-order valence-corrected chi connectivity index (χ0v) is 11.0. The first-order valence-corrected chi connectivity index (χ1v) is 6.64. The number of carbonyl (C=O) groups excluding carboxylic acids is 1. The molecule has 106 valence electrons. The Balaban J connectivity index is 1.54. The lowest BCUT2D eigenvalue weighted by Crippen LogP contribution is -2.29. The van der Waals surface area contributed by atoms with Crippen LogP contribution < -0.4 is 5.32 Å². The average Bonchev–Trinajstić information content (AvgIpc) is 3.19. The second kappa shape index (κ2) is 5.92. The van der Waals surface area contributed by atoms with Gasteiger partial charge in [-0.05, 0) is 18.1 Å². The molecule has 0 radical (unpaired) electrons. The monoisotopic (exact) mass is 276 g/mol. The Bertz CT molecular complexity index is 556. The van der Waals surface area contributed by atoms with Gasteiger partial charge >= 0.3 is 0 Å². The van der Waals surface area contributed by atoms with E-state index in [1.165, 1.54) is 0 Å². The van der Waals surface area contributed by atoms with E-state index in [-0.39, 0.29) is 5.91 Å². The van der Waals surface area contributed by atoms with Crippen molar-refractivity contribution < 1.29 is 18.5 Å². The number of amides is 1. The molecule has 1 amide bonds. The quantitative estimate of drug-likeness (QED) is 0.898. The van der Waals surface area contributed by atoms with Crippen LogP contribution in [-0.4, -0.2) is 30.8 Å². The van der Waals surface area contributed by atoms with E-state index in [1.54, 1.807) is 18.6 Å². The summed E-state index contributed by atoms with van der Waals surface area (Å²) in [5.41, 5.74) is 1.29. The molecule has 6 nitrogen and oxygen atoms in total. The molecule has 2 aromatic rings. The van der Waals surface area contributed by atoms with E-state index in [0.29, 0.717) is 36.9 Å². The fraction of sp³-hybridized carbons (Fsp3) is 0.429. The summed E-state index contributed by atoms with van der Waals surface area (Å²) in [5, 5.41) is 6.65. The molecule has 0 aliphatic carbocycles. The van der Waals surface area contributed by atoms with Crippen molar-refractivity contribution in [2.75, 3.05) is 19.8 Å². The highest BCUT2D eigenvalue weighted by atomic mass is 16.5. The van der Waals surface area contributed by atoms with Gasteiger partial charge in [0.1, 0.15) is 5.76 Å². The minimum Gasteiger partial charge on any atom is -0.472 e. The molecule has 1 aliphatic rings. The van der Waals surface area contributed by atoms with Gasteiger partial charge in [-0.25, -0.2) is 0 Å². The molecule has 0 bridgehead atoms. The molecule has 1 aliphatic heterocycles. The predicted octanol–water partition coefficient (Wildman–Crippen LogP) is 1.62. The van der Waals surface area contributed by atoms with Crippen molar-refractivity contribution in [3.05, 3.63) is 41.7 Å². The summed E-state index contributed by atoms with van der Waals surface area (Å²) in [7, 11) is 0. The molecule has 1 saturated heterocycles. The predicted molar refractivity (Wildman–Crippen MR) is 69.3 cm³/mol. The Morgan fingerprint density at radius 1 is 1.50 bits per heavy atom. The summed E-state index contributed by atoms with van der Waals surface area (Å²) in [5.74, 6) is 0.830. The average molecular weight is 276 g/mol. The van der Waals surface area contributed by atoms with Crippen LogP contribution in [0.4, 0.5) is 0 Å². The maximum absolute atomic E-state index is 11.9. The minimum absolute atomic E-state index is 0.209. The first kappa shape index (κ1) is 12.9. The number of furan rings is 1. The van der Waals surface area contributed by atoms with E-state index in [9.17, 15) is 4.79 Å². The molecule has 1 N–H and O–H groups in total. The lowest BCUT2D eigenvalue weighted by atomic mass is 10.1.